The highest BCUT2D eigenvalue weighted by Crippen LogP contribution is 2.19. The number of hydrogen-bond acceptors (Lipinski definition) is 3. The standard InChI is InChI=1S/C8H9BrN4/c1-2-10-7-3-6(9)4-13-8(7)11-5-12-13/h3-5,10H,2H2,1H3. The quantitative estimate of drug-likeness (QED) is 0.873. The van der Waals surface area contributed by atoms with Crippen LogP contribution in [0, 0.1) is 0 Å². The Hall–Kier alpha value is -1.10. The van der Waals surface area contributed by atoms with E-state index in [0.717, 1.165) is 22.4 Å². The highest BCUT2D eigenvalue weighted by Gasteiger charge is 2.03. The van der Waals surface area contributed by atoms with Crippen LogP contribution >= 0.6 is 15.9 Å². The van der Waals surface area contributed by atoms with E-state index in [1.54, 1.807) is 10.8 Å². The van der Waals surface area contributed by atoms with E-state index >= 15 is 0 Å². The maximum absolute atomic E-state index is 4.15. The molecule has 0 aliphatic rings. The van der Waals surface area contributed by atoms with Gasteiger partial charge in [-0.2, -0.15) is 5.10 Å². The Labute approximate surface area is 84.1 Å². The Morgan fingerprint density at radius 2 is 2.46 bits per heavy atom. The Morgan fingerprint density at radius 1 is 1.62 bits per heavy atom. The van der Waals surface area contributed by atoms with Crippen LogP contribution in [0.3, 0.4) is 0 Å². The van der Waals surface area contributed by atoms with Crippen LogP contribution in [-0.2, 0) is 0 Å². The summed E-state index contributed by atoms with van der Waals surface area (Å²) in [5.74, 6) is 0. The molecule has 5 heteroatoms. The summed E-state index contributed by atoms with van der Waals surface area (Å²) in [5, 5.41) is 7.28. The second kappa shape index (κ2) is 3.33. The van der Waals surface area contributed by atoms with Gasteiger partial charge in [-0.05, 0) is 28.9 Å². The molecule has 0 aromatic carbocycles. The maximum atomic E-state index is 4.15. The average Bonchev–Trinajstić information content (AvgIpc) is 2.52. The third-order valence-electron chi connectivity index (χ3n) is 1.71. The zero-order valence-corrected chi connectivity index (χ0v) is 8.74. The molecule has 0 saturated carbocycles. The van der Waals surface area contributed by atoms with E-state index in [0.29, 0.717) is 0 Å². The van der Waals surface area contributed by atoms with Gasteiger partial charge in [0.05, 0.1) is 5.69 Å². The smallest absolute Gasteiger partial charge is 0.178 e. The minimum atomic E-state index is 0.852. The molecule has 0 aliphatic heterocycles. The summed E-state index contributed by atoms with van der Waals surface area (Å²) in [6.45, 7) is 2.92. The lowest BCUT2D eigenvalue weighted by Gasteiger charge is -2.04. The van der Waals surface area contributed by atoms with Crippen LogP contribution in [0.4, 0.5) is 5.69 Å². The first kappa shape index (κ1) is 8.50. The molecule has 1 N–H and O–H groups in total. The first-order chi connectivity index (χ1) is 6.31. The summed E-state index contributed by atoms with van der Waals surface area (Å²) in [4.78, 5) is 4.15. The fraction of sp³-hybridized carbons (Fsp3) is 0.250. The molecule has 0 unspecified atom stereocenters. The summed E-state index contributed by atoms with van der Waals surface area (Å²) in [5.41, 5.74) is 1.85. The Balaban J connectivity index is 2.63. The zero-order valence-electron chi connectivity index (χ0n) is 7.16. The van der Waals surface area contributed by atoms with Crippen LogP contribution in [0.15, 0.2) is 23.1 Å². The van der Waals surface area contributed by atoms with Gasteiger partial charge in [0.15, 0.2) is 5.65 Å². The molecule has 0 amide bonds. The third-order valence-corrected chi connectivity index (χ3v) is 2.14. The molecular weight excluding hydrogens is 232 g/mol. The first-order valence-electron chi connectivity index (χ1n) is 4.04. The second-order valence-corrected chi connectivity index (χ2v) is 3.55. The van der Waals surface area contributed by atoms with Crippen molar-refractivity contribution in [3.63, 3.8) is 0 Å². The molecule has 0 atom stereocenters. The molecule has 2 rings (SSSR count). The van der Waals surface area contributed by atoms with Crippen molar-refractivity contribution in [2.45, 2.75) is 6.92 Å². The molecule has 0 aliphatic carbocycles. The van der Waals surface area contributed by atoms with Crippen molar-refractivity contribution in [2.24, 2.45) is 0 Å². The minimum absolute atomic E-state index is 0.852. The van der Waals surface area contributed by atoms with Gasteiger partial charge in [0.1, 0.15) is 6.33 Å². The van der Waals surface area contributed by atoms with Gasteiger partial charge in [0.2, 0.25) is 0 Å². The predicted molar refractivity (Wildman–Crippen MR) is 54.9 cm³/mol. The van der Waals surface area contributed by atoms with E-state index < -0.39 is 0 Å². The van der Waals surface area contributed by atoms with Crippen molar-refractivity contribution in [1.82, 2.24) is 14.6 Å². The minimum Gasteiger partial charge on any atom is -0.382 e. The molecule has 0 saturated heterocycles. The van der Waals surface area contributed by atoms with Crippen molar-refractivity contribution < 1.29 is 0 Å². The molecule has 2 heterocycles. The molecule has 0 bridgehead atoms. The van der Waals surface area contributed by atoms with Crippen LogP contribution in [0.25, 0.3) is 5.65 Å². The van der Waals surface area contributed by atoms with Crippen molar-refractivity contribution in [3.05, 3.63) is 23.1 Å². The number of rotatable bonds is 2. The summed E-state index contributed by atoms with van der Waals surface area (Å²) in [7, 11) is 0. The highest BCUT2D eigenvalue weighted by molar-refractivity contribution is 9.10. The van der Waals surface area contributed by atoms with Gasteiger partial charge in [-0.15, -0.1) is 0 Å². The van der Waals surface area contributed by atoms with Gasteiger partial charge in [-0.25, -0.2) is 9.50 Å². The number of anilines is 1. The number of halogens is 1. The number of fused-ring (bicyclic) bond motifs is 1. The molecule has 4 nitrogen and oxygen atoms in total. The van der Waals surface area contributed by atoms with Crippen LogP contribution in [0.1, 0.15) is 6.92 Å². The van der Waals surface area contributed by atoms with Gasteiger partial charge in [0.25, 0.3) is 0 Å². The maximum Gasteiger partial charge on any atom is 0.178 e. The van der Waals surface area contributed by atoms with Gasteiger partial charge >= 0.3 is 0 Å². The Kier molecular flexibility index (Phi) is 2.18. The second-order valence-electron chi connectivity index (χ2n) is 2.63. The largest absolute Gasteiger partial charge is 0.382 e. The highest BCUT2D eigenvalue weighted by atomic mass is 79.9. The normalized spacial score (nSPS) is 10.6. The van der Waals surface area contributed by atoms with Gasteiger partial charge in [-0.3, -0.25) is 0 Å². The fourth-order valence-electron chi connectivity index (χ4n) is 1.21. The summed E-state index contributed by atoms with van der Waals surface area (Å²) in [6, 6.07) is 1.99. The number of hydrogen-bond donors (Lipinski definition) is 1. The molecule has 2 aromatic rings. The number of nitrogens with zero attached hydrogens (tertiary/aromatic N) is 3. The van der Waals surface area contributed by atoms with Gasteiger partial charge < -0.3 is 5.32 Å². The van der Waals surface area contributed by atoms with E-state index in [1.807, 2.05) is 19.2 Å². The van der Waals surface area contributed by atoms with E-state index in [4.69, 9.17) is 0 Å². The molecule has 0 spiro atoms. The van der Waals surface area contributed by atoms with E-state index in [9.17, 15) is 0 Å². The molecule has 2 aromatic heterocycles. The van der Waals surface area contributed by atoms with Gasteiger partial charge in [-0.1, -0.05) is 0 Å². The number of nitrogens with one attached hydrogen (secondary N) is 1. The van der Waals surface area contributed by atoms with Crippen molar-refractivity contribution in [3.8, 4) is 0 Å². The third kappa shape index (κ3) is 1.51. The Bertz CT molecular complexity index is 423. The van der Waals surface area contributed by atoms with Crippen molar-refractivity contribution in [2.75, 3.05) is 11.9 Å². The van der Waals surface area contributed by atoms with Crippen LogP contribution in [0.5, 0.6) is 0 Å². The first-order valence-corrected chi connectivity index (χ1v) is 4.83. The van der Waals surface area contributed by atoms with Crippen LogP contribution < -0.4 is 5.32 Å². The lowest BCUT2D eigenvalue weighted by atomic mass is 10.4. The Morgan fingerprint density at radius 3 is 3.23 bits per heavy atom. The summed E-state index contributed by atoms with van der Waals surface area (Å²) >= 11 is 3.41. The predicted octanol–water partition coefficient (Wildman–Crippen LogP) is 1.92. The van der Waals surface area contributed by atoms with E-state index in [2.05, 4.69) is 31.3 Å². The molecule has 13 heavy (non-hydrogen) atoms. The van der Waals surface area contributed by atoms with E-state index in [-0.39, 0.29) is 0 Å². The average molecular weight is 241 g/mol. The lowest BCUT2D eigenvalue weighted by Crippen LogP contribution is -2.00. The SMILES string of the molecule is CCNc1cc(Br)cn2ncnc12. The zero-order chi connectivity index (χ0) is 9.26. The fourth-order valence-corrected chi connectivity index (χ4v) is 1.64. The van der Waals surface area contributed by atoms with Crippen molar-refractivity contribution in [1.29, 1.82) is 0 Å². The van der Waals surface area contributed by atoms with E-state index in [1.165, 1.54) is 0 Å². The topological polar surface area (TPSA) is 42.2 Å². The molecule has 0 fully saturated rings. The summed E-state index contributed by atoms with van der Waals surface area (Å²) in [6.07, 6.45) is 3.42. The summed E-state index contributed by atoms with van der Waals surface area (Å²) < 4.78 is 2.73. The lowest BCUT2D eigenvalue weighted by molar-refractivity contribution is 0.955. The van der Waals surface area contributed by atoms with Crippen LogP contribution in [-0.4, -0.2) is 21.1 Å². The number of aromatic nitrogens is 3. The monoisotopic (exact) mass is 240 g/mol. The molecule has 0 radical (unpaired) electrons. The van der Waals surface area contributed by atoms with Crippen LogP contribution in [0.2, 0.25) is 0 Å². The number of pyridine rings is 1. The molecule has 68 valence electrons. The van der Waals surface area contributed by atoms with Crippen molar-refractivity contribution >= 4 is 27.3 Å². The van der Waals surface area contributed by atoms with Gasteiger partial charge in [0, 0.05) is 17.2 Å². The molecular formula is C8H9BrN4.